The lowest BCUT2D eigenvalue weighted by Crippen LogP contribution is -2.58. The number of aromatic nitrogens is 2. The zero-order valence-corrected chi connectivity index (χ0v) is 17.6. The highest BCUT2D eigenvalue weighted by molar-refractivity contribution is 5.81. The summed E-state index contributed by atoms with van der Waals surface area (Å²) in [5.74, 6) is 2.25. The molecule has 31 heavy (non-hydrogen) atoms. The Bertz CT molecular complexity index is 1000. The van der Waals surface area contributed by atoms with Gasteiger partial charge >= 0.3 is 0 Å². The number of ether oxygens (including phenoxy) is 3. The number of carbonyl (C=O) groups is 1. The second-order valence-corrected chi connectivity index (χ2v) is 7.31. The van der Waals surface area contributed by atoms with Gasteiger partial charge in [-0.2, -0.15) is 4.98 Å². The predicted octanol–water partition coefficient (Wildman–Crippen LogP) is 2.98. The summed E-state index contributed by atoms with van der Waals surface area (Å²) in [5.41, 5.74) is 0.726. The van der Waals surface area contributed by atoms with Crippen molar-refractivity contribution in [3.63, 3.8) is 0 Å². The summed E-state index contributed by atoms with van der Waals surface area (Å²) in [6, 6.07) is 16.8. The summed E-state index contributed by atoms with van der Waals surface area (Å²) in [6.45, 7) is 3.28. The smallest absolute Gasteiger partial charge is 0.263 e. The molecule has 1 atom stereocenters. The van der Waals surface area contributed by atoms with Gasteiger partial charge in [0.1, 0.15) is 17.6 Å². The van der Waals surface area contributed by atoms with Crippen LogP contribution in [0.25, 0.3) is 11.5 Å². The number of likely N-dealkylation sites (tertiary alicyclic amines) is 1. The van der Waals surface area contributed by atoms with E-state index in [1.807, 2.05) is 54.6 Å². The van der Waals surface area contributed by atoms with Crippen molar-refractivity contribution < 1.29 is 23.5 Å². The number of nitrogens with zero attached hydrogens (tertiary/aromatic N) is 3. The molecule has 1 aromatic heterocycles. The first-order valence-corrected chi connectivity index (χ1v) is 10.2. The third-order valence-corrected chi connectivity index (χ3v) is 4.97. The summed E-state index contributed by atoms with van der Waals surface area (Å²) >= 11 is 0. The average Bonchev–Trinajstić information content (AvgIpc) is 3.24. The van der Waals surface area contributed by atoms with E-state index in [0.717, 1.165) is 5.56 Å². The topological polar surface area (TPSA) is 86.9 Å². The number of para-hydroxylation sites is 2. The van der Waals surface area contributed by atoms with E-state index in [2.05, 4.69) is 10.1 Å². The Morgan fingerprint density at radius 2 is 1.90 bits per heavy atom. The Morgan fingerprint density at radius 1 is 1.16 bits per heavy atom. The van der Waals surface area contributed by atoms with Crippen molar-refractivity contribution in [2.45, 2.75) is 25.6 Å². The van der Waals surface area contributed by atoms with Gasteiger partial charge in [-0.1, -0.05) is 35.5 Å². The number of hydrogen-bond acceptors (Lipinski definition) is 7. The van der Waals surface area contributed by atoms with E-state index in [1.54, 1.807) is 18.9 Å². The van der Waals surface area contributed by atoms with Gasteiger partial charge in [0.05, 0.1) is 25.3 Å². The van der Waals surface area contributed by atoms with Crippen LogP contribution >= 0.6 is 0 Å². The lowest BCUT2D eigenvalue weighted by atomic mass is 10.1. The minimum absolute atomic E-state index is 0.0586. The molecular formula is C23H25N3O5. The molecule has 0 aliphatic carbocycles. The molecule has 1 aliphatic heterocycles. The number of methoxy groups -OCH3 is 1. The van der Waals surface area contributed by atoms with E-state index >= 15 is 0 Å². The number of hydrogen-bond donors (Lipinski definition) is 0. The van der Waals surface area contributed by atoms with Crippen molar-refractivity contribution in [3.05, 3.63) is 60.4 Å². The quantitative estimate of drug-likeness (QED) is 0.523. The zero-order chi connectivity index (χ0) is 21.6. The lowest BCUT2D eigenvalue weighted by molar-refractivity contribution is -0.146. The first-order chi connectivity index (χ1) is 15.1. The van der Waals surface area contributed by atoms with E-state index in [4.69, 9.17) is 18.7 Å². The highest BCUT2D eigenvalue weighted by atomic mass is 16.5. The van der Waals surface area contributed by atoms with Crippen molar-refractivity contribution in [2.75, 3.05) is 26.8 Å². The van der Waals surface area contributed by atoms with Crippen LogP contribution in [0.15, 0.2) is 59.1 Å². The van der Waals surface area contributed by atoms with E-state index in [-0.39, 0.29) is 12.0 Å². The molecule has 0 N–H and O–H groups in total. The van der Waals surface area contributed by atoms with Gasteiger partial charge in [0.25, 0.3) is 11.8 Å². The molecule has 8 heteroatoms. The number of amides is 1. The van der Waals surface area contributed by atoms with E-state index < -0.39 is 6.10 Å². The van der Waals surface area contributed by atoms with Crippen LogP contribution in [0.1, 0.15) is 12.7 Å². The Labute approximate surface area is 180 Å². The molecule has 2 heterocycles. The summed E-state index contributed by atoms with van der Waals surface area (Å²) in [7, 11) is 1.63. The molecule has 0 bridgehead atoms. The SMILES string of the molecule is COCCc1noc(-c2ccccc2OC2CN(C(=O)C(C)Oc3ccccc3)C2)n1. The maximum absolute atomic E-state index is 12.6. The first kappa shape index (κ1) is 20.9. The highest BCUT2D eigenvalue weighted by Gasteiger charge is 2.35. The normalized spacial score (nSPS) is 14.7. The van der Waals surface area contributed by atoms with Gasteiger partial charge in [-0.3, -0.25) is 4.79 Å². The van der Waals surface area contributed by atoms with Crippen LogP contribution < -0.4 is 9.47 Å². The van der Waals surface area contributed by atoms with Crippen LogP contribution in [-0.2, 0) is 16.0 Å². The number of rotatable bonds is 9. The van der Waals surface area contributed by atoms with Crippen LogP contribution in [0, 0.1) is 0 Å². The zero-order valence-electron chi connectivity index (χ0n) is 17.6. The Morgan fingerprint density at radius 3 is 2.68 bits per heavy atom. The molecule has 0 saturated carbocycles. The van der Waals surface area contributed by atoms with E-state index in [9.17, 15) is 4.79 Å². The van der Waals surface area contributed by atoms with Crippen molar-refractivity contribution in [3.8, 4) is 23.0 Å². The molecule has 8 nitrogen and oxygen atoms in total. The molecule has 2 aromatic carbocycles. The molecule has 1 fully saturated rings. The van der Waals surface area contributed by atoms with Crippen molar-refractivity contribution in [2.24, 2.45) is 0 Å². The molecule has 1 unspecified atom stereocenters. The molecule has 4 rings (SSSR count). The monoisotopic (exact) mass is 423 g/mol. The van der Waals surface area contributed by atoms with Crippen LogP contribution in [-0.4, -0.2) is 60.0 Å². The highest BCUT2D eigenvalue weighted by Crippen LogP contribution is 2.31. The van der Waals surface area contributed by atoms with Crippen LogP contribution in [0.2, 0.25) is 0 Å². The molecule has 0 radical (unpaired) electrons. The summed E-state index contributed by atoms with van der Waals surface area (Å²) in [4.78, 5) is 18.8. The third kappa shape index (κ3) is 5.03. The fourth-order valence-electron chi connectivity index (χ4n) is 3.29. The Hall–Kier alpha value is -3.39. The molecule has 1 aliphatic rings. The van der Waals surface area contributed by atoms with E-state index in [1.165, 1.54) is 0 Å². The van der Waals surface area contributed by atoms with Gasteiger partial charge in [-0.05, 0) is 31.2 Å². The van der Waals surface area contributed by atoms with Crippen LogP contribution in [0.5, 0.6) is 11.5 Å². The minimum atomic E-state index is -0.556. The minimum Gasteiger partial charge on any atom is -0.486 e. The second kappa shape index (κ2) is 9.61. The standard InChI is InChI=1S/C23H25N3O5/c1-16(29-17-8-4-3-5-9-17)23(27)26-14-18(15-26)30-20-11-7-6-10-19(20)22-24-21(25-31-22)12-13-28-2/h3-11,16,18H,12-15H2,1-2H3. The molecule has 1 saturated heterocycles. The summed E-state index contributed by atoms with van der Waals surface area (Å²) < 4.78 is 22.3. The largest absolute Gasteiger partial charge is 0.486 e. The molecule has 0 spiro atoms. The maximum Gasteiger partial charge on any atom is 0.263 e. The second-order valence-electron chi connectivity index (χ2n) is 7.31. The fraction of sp³-hybridized carbons (Fsp3) is 0.348. The van der Waals surface area contributed by atoms with Crippen molar-refractivity contribution in [1.29, 1.82) is 0 Å². The predicted molar refractivity (Wildman–Crippen MR) is 113 cm³/mol. The van der Waals surface area contributed by atoms with Gasteiger partial charge in [-0.25, -0.2) is 0 Å². The van der Waals surface area contributed by atoms with Gasteiger partial charge in [0, 0.05) is 13.5 Å². The number of benzene rings is 2. The summed E-state index contributed by atoms with van der Waals surface area (Å²) in [6.07, 6.45) is -0.0872. The summed E-state index contributed by atoms with van der Waals surface area (Å²) in [5, 5.41) is 3.99. The van der Waals surface area contributed by atoms with Gasteiger partial charge in [0.2, 0.25) is 0 Å². The first-order valence-electron chi connectivity index (χ1n) is 10.2. The van der Waals surface area contributed by atoms with Crippen molar-refractivity contribution >= 4 is 5.91 Å². The molecular weight excluding hydrogens is 398 g/mol. The maximum atomic E-state index is 12.6. The molecule has 162 valence electrons. The molecule has 1 amide bonds. The van der Waals surface area contributed by atoms with Crippen LogP contribution in [0.4, 0.5) is 0 Å². The lowest BCUT2D eigenvalue weighted by Gasteiger charge is -2.40. The van der Waals surface area contributed by atoms with E-state index in [0.29, 0.717) is 49.3 Å². The molecule has 3 aromatic rings. The number of carbonyl (C=O) groups excluding carboxylic acids is 1. The third-order valence-electron chi connectivity index (χ3n) is 4.97. The van der Waals surface area contributed by atoms with Gasteiger partial charge < -0.3 is 23.6 Å². The van der Waals surface area contributed by atoms with Gasteiger partial charge in [0.15, 0.2) is 11.9 Å². The van der Waals surface area contributed by atoms with Gasteiger partial charge in [-0.15, -0.1) is 0 Å². The Balaban J connectivity index is 1.33. The van der Waals surface area contributed by atoms with Crippen molar-refractivity contribution in [1.82, 2.24) is 15.0 Å². The Kier molecular flexibility index (Phi) is 6.47. The average molecular weight is 423 g/mol. The van der Waals surface area contributed by atoms with Crippen LogP contribution in [0.3, 0.4) is 0 Å². The fourth-order valence-corrected chi connectivity index (χ4v) is 3.29.